The largest absolute Gasteiger partial charge is 0.497 e. The van der Waals surface area contributed by atoms with Crippen molar-refractivity contribution < 1.29 is 14.3 Å². The Hall–Kier alpha value is -2.47. The molecule has 1 atom stereocenters. The van der Waals surface area contributed by atoms with Crippen LogP contribution < -0.4 is 10.1 Å². The van der Waals surface area contributed by atoms with E-state index in [1.165, 1.54) is 23.1 Å². The quantitative estimate of drug-likeness (QED) is 0.365. The standard InChI is InChI=1S/C21H21N5O3S3/c1-28-13-6-7-15-17(10-13)32-20(22-15)23-18(27)12-31-21-25-24-19(16-5-3-9-30-16)26(21)11-14-4-2-8-29-14/h3,5-7,9-10,14H,2,4,8,11-12H2,1H3,(H,22,23,27). The molecular weight excluding hydrogens is 466 g/mol. The van der Waals surface area contributed by atoms with Gasteiger partial charge in [-0.2, -0.15) is 0 Å². The van der Waals surface area contributed by atoms with Crippen LogP contribution in [0.5, 0.6) is 5.75 Å². The molecule has 1 unspecified atom stereocenters. The summed E-state index contributed by atoms with van der Waals surface area (Å²) in [5.41, 5.74) is 0.829. The number of amides is 1. The molecule has 0 radical (unpaired) electrons. The predicted octanol–water partition coefficient (Wildman–Crippen LogP) is 4.53. The van der Waals surface area contributed by atoms with Gasteiger partial charge in [0.15, 0.2) is 16.1 Å². The molecule has 5 rings (SSSR count). The van der Waals surface area contributed by atoms with Crippen LogP contribution in [0.2, 0.25) is 0 Å². The second-order valence-corrected chi connectivity index (χ2v) is 10.1. The summed E-state index contributed by atoms with van der Waals surface area (Å²) >= 11 is 4.42. The monoisotopic (exact) mass is 487 g/mol. The lowest BCUT2D eigenvalue weighted by atomic mass is 10.2. The lowest BCUT2D eigenvalue weighted by molar-refractivity contribution is -0.113. The van der Waals surface area contributed by atoms with E-state index in [1.807, 2.05) is 35.7 Å². The number of carbonyl (C=O) groups excluding carboxylic acids is 1. The number of methoxy groups -OCH3 is 1. The average molecular weight is 488 g/mol. The van der Waals surface area contributed by atoms with Gasteiger partial charge in [0, 0.05) is 6.61 Å². The van der Waals surface area contributed by atoms with E-state index in [0.717, 1.165) is 46.1 Å². The van der Waals surface area contributed by atoms with Crippen molar-refractivity contribution in [2.75, 3.05) is 24.8 Å². The van der Waals surface area contributed by atoms with Crippen LogP contribution >= 0.6 is 34.4 Å². The van der Waals surface area contributed by atoms with Crippen LogP contribution in [0.3, 0.4) is 0 Å². The van der Waals surface area contributed by atoms with E-state index < -0.39 is 0 Å². The number of nitrogens with zero attached hydrogens (tertiary/aromatic N) is 4. The van der Waals surface area contributed by atoms with Gasteiger partial charge in [-0.05, 0) is 42.5 Å². The lowest BCUT2D eigenvalue weighted by Crippen LogP contribution is -2.18. The van der Waals surface area contributed by atoms with Gasteiger partial charge in [0.05, 0.1) is 40.6 Å². The van der Waals surface area contributed by atoms with Crippen LogP contribution in [0, 0.1) is 0 Å². The number of carbonyl (C=O) groups is 1. The maximum absolute atomic E-state index is 12.6. The molecule has 0 aliphatic carbocycles. The molecule has 0 saturated carbocycles. The zero-order chi connectivity index (χ0) is 21.9. The Morgan fingerprint density at radius 1 is 1.38 bits per heavy atom. The molecule has 166 valence electrons. The third-order valence-electron chi connectivity index (χ3n) is 5.04. The molecule has 0 spiro atoms. The van der Waals surface area contributed by atoms with E-state index in [4.69, 9.17) is 9.47 Å². The third kappa shape index (κ3) is 4.65. The number of thioether (sulfide) groups is 1. The van der Waals surface area contributed by atoms with Gasteiger partial charge in [0.2, 0.25) is 5.91 Å². The minimum absolute atomic E-state index is 0.134. The van der Waals surface area contributed by atoms with Crippen LogP contribution in [-0.4, -0.2) is 51.2 Å². The van der Waals surface area contributed by atoms with Crippen molar-refractivity contribution in [3.63, 3.8) is 0 Å². The van der Waals surface area contributed by atoms with Crippen LogP contribution in [0.25, 0.3) is 20.9 Å². The fraction of sp³-hybridized carbons (Fsp3) is 0.333. The first-order chi connectivity index (χ1) is 15.7. The number of ether oxygens (including phenoxy) is 2. The van der Waals surface area contributed by atoms with Crippen molar-refractivity contribution in [1.82, 2.24) is 19.7 Å². The number of anilines is 1. The molecular formula is C21H21N5O3S3. The molecule has 0 bridgehead atoms. The number of thiophene rings is 1. The summed E-state index contributed by atoms with van der Waals surface area (Å²) in [6.45, 7) is 1.48. The number of thiazole rings is 1. The zero-order valence-electron chi connectivity index (χ0n) is 17.3. The Kier molecular flexibility index (Phi) is 6.39. The highest BCUT2D eigenvalue weighted by atomic mass is 32.2. The molecule has 1 N–H and O–H groups in total. The molecule has 1 amide bonds. The van der Waals surface area contributed by atoms with E-state index in [0.29, 0.717) is 16.8 Å². The number of nitrogens with one attached hydrogen (secondary N) is 1. The van der Waals surface area contributed by atoms with E-state index in [1.54, 1.807) is 18.4 Å². The van der Waals surface area contributed by atoms with Crippen molar-refractivity contribution in [2.24, 2.45) is 0 Å². The topological polar surface area (TPSA) is 91.2 Å². The molecule has 1 fully saturated rings. The van der Waals surface area contributed by atoms with Crippen molar-refractivity contribution in [2.45, 2.75) is 30.6 Å². The minimum Gasteiger partial charge on any atom is -0.497 e. The highest BCUT2D eigenvalue weighted by Crippen LogP contribution is 2.31. The Morgan fingerprint density at radius 3 is 3.09 bits per heavy atom. The fourth-order valence-corrected chi connectivity index (χ4v) is 5.89. The Labute approximate surface area is 197 Å². The van der Waals surface area contributed by atoms with Gasteiger partial charge in [0.25, 0.3) is 0 Å². The summed E-state index contributed by atoms with van der Waals surface area (Å²) in [5.74, 6) is 1.67. The van der Waals surface area contributed by atoms with Gasteiger partial charge in [-0.15, -0.1) is 21.5 Å². The summed E-state index contributed by atoms with van der Waals surface area (Å²) in [7, 11) is 1.63. The molecule has 11 heteroatoms. The maximum Gasteiger partial charge on any atom is 0.236 e. The predicted molar refractivity (Wildman–Crippen MR) is 128 cm³/mol. The normalized spacial score (nSPS) is 16.0. The Morgan fingerprint density at radius 2 is 2.31 bits per heavy atom. The molecule has 1 aliphatic rings. The second kappa shape index (κ2) is 9.57. The van der Waals surface area contributed by atoms with Crippen molar-refractivity contribution >= 4 is 55.7 Å². The first kappa shape index (κ1) is 21.4. The maximum atomic E-state index is 12.6. The van der Waals surface area contributed by atoms with E-state index in [2.05, 4.69) is 25.1 Å². The van der Waals surface area contributed by atoms with Crippen LogP contribution in [0.4, 0.5) is 5.13 Å². The summed E-state index contributed by atoms with van der Waals surface area (Å²) in [4.78, 5) is 18.1. The molecule has 4 heterocycles. The highest BCUT2D eigenvalue weighted by molar-refractivity contribution is 7.99. The Bertz CT molecular complexity index is 1210. The zero-order valence-corrected chi connectivity index (χ0v) is 19.8. The number of aromatic nitrogens is 4. The van der Waals surface area contributed by atoms with Gasteiger partial charge in [0.1, 0.15) is 5.75 Å². The van der Waals surface area contributed by atoms with Gasteiger partial charge < -0.3 is 14.8 Å². The van der Waals surface area contributed by atoms with Crippen molar-refractivity contribution in [1.29, 1.82) is 0 Å². The fourth-order valence-electron chi connectivity index (χ4n) is 3.51. The van der Waals surface area contributed by atoms with Gasteiger partial charge in [-0.25, -0.2) is 4.98 Å². The van der Waals surface area contributed by atoms with Crippen LogP contribution in [0.1, 0.15) is 12.8 Å². The van der Waals surface area contributed by atoms with Crippen LogP contribution in [-0.2, 0) is 16.1 Å². The van der Waals surface area contributed by atoms with E-state index in [-0.39, 0.29) is 17.8 Å². The van der Waals surface area contributed by atoms with Gasteiger partial charge in [-0.1, -0.05) is 29.2 Å². The number of benzene rings is 1. The highest BCUT2D eigenvalue weighted by Gasteiger charge is 2.22. The smallest absolute Gasteiger partial charge is 0.236 e. The molecule has 3 aromatic heterocycles. The van der Waals surface area contributed by atoms with E-state index >= 15 is 0 Å². The van der Waals surface area contributed by atoms with Crippen LogP contribution in [0.15, 0.2) is 40.9 Å². The number of rotatable bonds is 8. The van der Waals surface area contributed by atoms with Gasteiger partial charge in [-0.3, -0.25) is 9.36 Å². The third-order valence-corrected chi connectivity index (χ3v) is 7.81. The molecule has 1 aromatic carbocycles. The number of fused-ring (bicyclic) bond motifs is 1. The van der Waals surface area contributed by atoms with Crippen molar-refractivity contribution in [3.05, 3.63) is 35.7 Å². The summed E-state index contributed by atoms with van der Waals surface area (Å²) < 4.78 is 14.1. The lowest BCUT2D eigenvalue weighted by Gasteiger charge is -2.14. The summed E-state index contributed by atoms with van der Waals surface area (Å²) in [6, 6.07) is 9.68. The number of hydrogen-bond donors (Lipinski definition) is 1. The summed E-state index contributed by atoms with van der Waals surface area (Å²) in [5, 5.41) is 15.0. The van der Waals surface area contributed by atoms with E-state index in [9.17, 15) is 4.79 Å². The molecule has 8 nitrogen and oxygen atoms in total. The first-order valence-corrected chi connectivity index (χ1v) is 12.8. The average Bonchev–Trinajstić information content (AvgIpc) is 3.58. The first-order valence-electron chi connectivity index (χ1n) is 10.2. The molecule has 32 heavy (non-hydrogen) atoms. The summed E-state index contributed by atoms with van der Waals surface area (Å²) in [6.07, 6.45) is 2.24. The van der Waals surface area contributed by atoms with Crippen molar-refractivity contribution in [3.8, 4) is 16.5 Å². The molecule has 1 aliphatic heterocycles. The Balaban J connectivity index is 1.28. The molecule has 1 saturated heterocycles. The molecule has 4 aromatic rings. The second-order valence-electron chi connectivity index (χ2n) is 7.22. The SMILES string of the molecule is COc1ccc2nc(NC(=O)CSc3nnc(-c4cccs4)n3CC3CCCO3)sc2c1. The minimum atomic E-state index is -0.134. The van der Waals surface area contributed by atoms with Gasteiger partial charge >= 0.3 is 0 Å². The number of hydrogen-bond acceptors (Lipinski definition) is 9.